The highest BCUT2D eigenvalue weighted by Gasteiger charge is 2.20. The first-order valence-corrected chi connectivity index (χ1v) is 8.86. The molecule has 136 valence electrons. The van der Waals surface area contributed by atoms with E-state index in [0.29, 0.717) is 29.4 Å². The molecule has 5 rings (SSSR count). The zero-order valence-corrected chi connectivity index (χ0v) is 15.0. The molecule has 0 unspecified atom stereocenters. The van der Waals surface area contributed by atoms with Crippen LogP contribution >= 0.6 is 0 Å². The number of hydrogen-bond acceptors (Lipinski definition) is 7. The van der Waals surface area contributed by atoms with E-state index in [1.54, 1.807) is 11.6 Å². The summed E-state index contributed by atoms with van der Waals surface area (Å²) in [4.78, 5) is 16.0. The van der Waals surface area contributed by atoms with Gasteiger partial charge in [0.25, 0.3) is 0 Å². The highest BCUT2D eigenvalue weighted by Crippen LogP contribution is 2.27. The highest BCUT2D eigenvalue weighted by atomic mass is 16.5. The minimum absolute atomic E-state index is 0.298. The van der Waals surface area contributed by atoms with Gasteiger partial charge in [-0.15, -0.1) is 5.10 Å². The summed E-state index contributed by atoms with van der Waals surface area (Å²) in [6.07, 6.45) is 2.83. The standard InChI is InChI=1S/C19H19N7O/c1-27-15-6-2-5-13-17(15)23-19(20)26-18(13)22-16(24-26)11-25-9-7-12-4-3-8-21-14(12)10-25/h2-6,8H,7,9-11H2,1H3,(H2,20,23). The van der Waals surface area contributed by atoms with E-state index in [1.165, 1.54) is 5.56 Å². The lowest BCUT2D eigenvalue weighted by Gasteiger charge is -2.26. The maximum atomic E-state index is 6.13. The molecule has 0 fully saturated rings. The number of nitrogen functional groups attached to an aromatic ring is 1. The Morgan fingerprint density at radius 1 is 1.19 bits per heavy atom. The zero-order valence-electron chi connectivity index (χ0n) is 15.0. The molecule has 4 aromatic rings. The SMILES string of the molecule is COc1cccc2c1nc(N)n1nc(CN3CCc4cccnc4C3)nc21. The van der Waals surface area contributed by atoms with Gasteiger partial charge >= 0.3 is 0 Å². The van der Waals surface area contributed by atoms with Crippen molar-refractivity contribution in [3.8, 4) is 5.75 Å². The summed E-state index contributed by atoms with van der Waals surface area (Å²) in [7, 11) is 1.62. The van der Waals surface area contributed by atoms with Gasteiger partial charge in [0.05, 0.1) is 19.3 Å². The van der Waals surface area contributed by atoms with E-state index in [2.05, 4.69) is 26.0 Å². The summed E-state index contributed by atoms with van der Waals surface area (Å²) in [6, 6.07) is 9.88. The molecule has 1 aromatic carbocycles. The largest absolute Gasteiger partial charge is 0.494 e. The van der Waals surface area contributed by atoms with Crippen LogP contribution in [0.5, 0.6) is 5.75 Å². The molecule has 1 aliphatic rings. The Bertz CT molecular complexity index is 1150. The van der Waals surface area contributed by atoms with Gasteiger partial charge in [-0.3, -0.25) is 9.88 Å². The summed E-state index contributed by atoms with van der Waals surface area (Å²) in [5.41, 5.74) is 9.97. The molecule has 0 saturated heterocycles. The number of nitrogens with two attached hydrogens (primary N) is 1. The molecule has 8 nitrogen and oxygen atoms in total. The minimum Gasteiger partial charge on any atom is -0.494 e. The average Bonchev–Trinajstić information content (AvgIpc) is 3.12. The molecule has 8 heteroatoms. The fraction of sp³-hybridized carbons (Fsp3) is 0.263. The molecule has 0 bridgehead atoms. The summed E-state index contributed by atoms with van der Waals surface area (Å²) in [5.74, 6) is 1.69. The van der Waals surface area contributed by atoms with Crippen molar-refractivity contribution < 1.29 is 4.74 Å². The van der Waals surface area contributed by atoms with Crippen LogP contribution in [0.3, 0.4) is 0 Å². The minimum atomic E-state index is 0.298. The number of para-hydroxylation sites is 1. The van der Waals surface area contributed by atoms with Crippen LogP contribution in [0.4, 0.5) is 5.95 Å². The third-order valence-corrected chi connectivity index (χ3v) is 4.97. The number of ether oxygens (including phenoxy) is 1. The van der Waals surface area contributed by atoms with Crippen molar-refractivity contribution in [1.82, 2.24) is 29.5 Å². The Balaban J connectivity index is 1.52. The zero-order chi connectivity index (χ0) is 18.4. The monoisotopic (exact) mass is 361 g/mol. The highest BCUT2D eigenvalue weighted by molar-refractivity contribution is 5.95. The number of nitrogens with zero attached hydrogens (tertiary/aromatic N) is 6. The topological polar surface area (TPSA) is 94.5 Å². The van der Waals surface area contributed by atoms with Crippen molar-refractivity contribution in [1.29, 1.82) is 0 Å². The van der Waals surface area contributed by atoms with E-state index < -0.39 is 0 Å². The van der Waals surface area contributed by atoms with E-state index in [4.69, 9.17) is 15.5 Å². The Labute approximate surface area is 155 Å². The van der Waals surface area contributed by atoms with Gasteiger partial charge in [0.15, 0.2) is 11.5 Å². The van der Waals surface area contributed by atoms with Crippen LogP contribution in [-0.2, 0) is 19.5 Å². The number of pyridine rings is 1. The van der Waals surface area contributed by atoms with Gasteiger partial charge in [0, 0.05) is 24.7 Å². The van der Waals surface area contributed by atoms with Crippen molar-refractivity contribution >= 4 is 22.5 Å². The first-order chi connectivity index (χ1) is 13.2. The van der Waals surface area contributed by atoms with Gasteiger partial charge in [-0.2, -0.15) is 4.52 Å². The average molecular weight is 361 g/mol. The molecule has 4 heterocycles. The van der Waals surface area contributed by atoms with Crippen LogP contribution in [-0.4, -0.2) is 43.1 Å². The molecule has 0 aliphatic carbocycles. The quantitative estimate of drug-likeness (QED) is 0.595. The van der Waals surface area contributed by atoms with Crippen LogP contribution < -0.4 is 10.5 Å². The number of anilines is 1. The van der Waals surface area contributed by atoms with Crippen LogP contribution in [0, 0.1) is 0 Å². The third-order valence-electron chi connectivity index (χ3n) is 4.97. The second-order valence-corrected chi connectivity index (χ2v) is 6.66. The van der Waals surface area contributed by atoms with Crippen LogP contribution in [0.2, 0.25) is 0 Å². The molecule has 0 atom stereocenters. The molecule has 0 spiro atoms. The normalized spacial score (nSPS) is 14.6. The van der Waals surface area contributed by atoms with E-state index in [9.17, 15) is 0 Å². The van der Waals surface area contributed by atoms with Crippen molar-refractivity contribution in [2.24, 2.45) is 0 Å². The van der Waals surface area contributed by atoms with Gasteiger partial charge in [-0.05, 0) is 30.2 Å². The van der Waals surface area contributed by atoms with E-state index in [-0.39, 0.29) is 0 Å². The van der Waals surface area contributed by atoms with Crippen LogP contribution in [0.1, 0.15) is 17.1 Å². The predicted octanol–water partition coefficient (Wildman–Crippen LogP) is 1.82. The molecule has 3 aromatic heterocycles. The number of rotatable bonds is 3. The first-order valence-electron chi connectivity index (χ1n) is 8.86. The molecular formula is C19H19N7O. The van der Waals surface area contributed by atoms with Crippen LogP contribution in [0.25, 0.3) is 16.6 Å². The van der Waals surface area contributed by atoms with E-state index in [1.807, 2.05) is 30.5 Å². The number of fused-ring (bicyclic) bond motifs is 4. The van der Waals surface area contributed by atoms with Crippen LogP contribution in [0.15, 0.2) is 36.5 Å². The number of benzene rings is 1. The lowest BCUT2D eigenvalue weighted by atomic mass is 10.1. The van der Waals surface area contributed by atoms with Gasteiger partial charge < -0.3 is 10.5 Å². The Kier molecular flexibility index (Phi) is 3.64. The predicted molar refractivity (Wildman–Crippen MR) is 101 cm³/mol. The Hall–Kier alpha value is -3.26. The first kappa shape index (κ1) is 16.0. The summed E-state index contributed by atoms with van der Waals surface area (Å²) >= 11 is 0. The molecule has 0 amide bonds. The lowest BCUT2D eigenvalue weighted by Crippen LogP contribution is -2.31. The fourth-order valence-electron chi connectivity index (χ4n) is 3.65. The maximum absolute atomic E-state index is 6.13. The molecule has 0 radical (unpaired) electrons. The number of methoxy groups -OCH3 is 1. The van der Waals surface area contributed by atoms with Gasteiger partial charge in [-0.25, -0.2) is 9.97 Å². The van der Waals surface area contributed by atoms with E-state index >= 15 is 0 Å². The smallest absolute Gasteiger partial charge is 0.223 e. The summed E-state index contributed by atoms with van der Waals surface area (Å²) in [6.45, 7) is 2.40. The van der Waals surface area contributed by atoms with Crippen molar-refractivity contribution in [2.75, 3.05) is 19.4 Å². The van der Waals surface area contributed by atoms with Gasteiger partial charge in [0.2, 0.25) is 5.95 Å². The Morgan fingerprint density at radius 2 is 2.11 bits per heavy atom. The molecule has 27 heavy (non-hydrogen) atoms. The van der Waals surface area contributed by atoms with Gasteiger partial charge in [-0.1, -0.05) is 12.1 Å². The molecule has 1 aliphatic heterocycles. The maximum Gasteiger partial charge on any atom is 0.223 e. The van der Waals surface area contributed by atoms with Gasteiger partial charge in [0.1, 0.15) is 11.3 Å². The summed E-state index contributed by atoms with van der Waals surface area (Å²) in [5, 5.41) is 5.45. The molecule has 0 saturated carbocycles. The molecular weight excluding hydrogens is 342 g/mol. The van der Waals surface area contributed by atoms with Crippen molar-refractivity contribution in [3.63, 3.8) is 0 Å². The third kappa shape index (κ3) is 2.65. The number of hydrogen-bond donors (Lipinski definition) is 1. The Morgan fingerprint density at radius 3 is 3.00 bits per heavy atom. The second-order valence-electron chi connectivity index (χ2n) is 6.66. The van der Waals surface area contributed by atoms with Crippen molar-refractivity contribution in [2.45, 2.75) is 19.5 Å². The summed E-state index contributed by atoms with van der Waals surface area (Å²) < 4.78 is 7.01. The lowest BCUT2D eigenvalue weighted by molar-refractivity contribution is 0.236. The number of aromatic nitrogens is 5. The second kappa shape index (κ2) is 6.17. The van der Waals surface area contributed by atoms with E-state index in [0.717, 1.165) is 36.4 Å². The fourth-order valence-corrected chi connectivity index (χ4v) is 3.65. The molecule has 2 N–H and O–H groups in total. The van der Waals surface area contributed by atoms with Crippen molar-refractivity contribution in [3.05, 3.63) is 53.6 Å².